The molecule has 3 aromatic rings. The van der Waals surface area contributed by atoms with E-state index in [-0.39, 0.29) is 16.9 Å². The van der Waals surface area contributed by atoms with Crippen LogP contribution in [0.15, 0.2) is 54.6 Å². The molecule has 34 heavy (non-hydrogen) atoms. The predicted octanol–water partition coefficient (Wildman–Crippen LogP) is 6.13. The van der Waals surface area contributed by atoms with Crippen LogP contribution in [0.4, 0.5) is 0 Å². The molecule has 1 amide bonds. The van der Waals surface area contributed by atoms with Gasteiger partial charge in [0.2, 0.25) is 5.91 Å². The van der Waals surface area contributed by atoms with E-state index < -0.39 is 5.97 Å². The second kappa shape index (κ2) is 12.6. The average molecular weight is 495 g/mol. The normalized spacial score (nSPS) is 12.2. The zero-order chi connectivity index (χ0) is 24.5. The fourth-order valence-electron chi connectivity index (χ4n) is 3.30. The lowest BCUT2D eigenvalue weighted by atomic mass is 10.1. The van der Waals surface area contributed by atoms with Crippen LogP contribution in [0.25, 0.3) is 23.1 Å². The van der Waals surface area contributed by atoms with Crippen LogP contribution in [-0.4, -0.2) is 52.5 Å². The molecule has 5 nitrogen and oxygen atoms in total. The molecule has 0 aliphatic carbocycles. The number of pyridine rings is 1. The molecule has 0 aliphatic heterocycles. The lowest BCUT2D eigenvalue weighted by molar-refractivity contribution is -0.136. The first kappa shape index (κ1) is 25.8. The van der Waals surface area contributed by atoms with E-state index in [1.165, 1.54) is 5.56 Å². The molecular formula is C27H30N2O3S2. The quantitative estimate of drug-likeness (QED) is 0.323. The van der Waals surface area contributed by atoms with Crippen molar-refractivity contribution in [2.75, 3.05) is 25.6 Å². The van der Waals surface area contributed by atoms with Crippen LogP contribution >= 0.6 is 23.5 Å². The van der Waals surface area contributed by atoms with Crippen molar-refractivity contribution in [3.63, 3.8) is 0 Å². The summed E-state index contributed by atoms with van der Waals surface area (Å²) in [5, 5.41) is 10.1. The summed E-state index contributed by atoms with van der Waals surface area (Å²) in [5.74, 6) is 0.502. The summed E-state index contributed by atoms with van der Waals surface area (Å²) in [6.45, 7) is 2.06. The lowest BCUT2D eigenvalue weighted by Crippen LogP contribution is -2.21. The standard InChI is InChI=1S/C27H30N2O3S2/c1-19-7-9-21-10-12-23(28-24(21)17-19)11-8-20-5-4-6-22(18-20)27(34-16-14-26(31)32)33-15-13-25(30)29(2)3/h4-12,17-18,27H,13-16H2,1-3H3,(H,31,32). The summed E-state index contributed by atoms with van der Waals surface area (Å²) in [7, 11) is 3.51. The van der Waals surface area contributed by atoms with E-state index >= 15 is 0 Å². The molecule has 1 heterocycles. The van der Waals surface area contributed by atoms with Gasteiger partial charge in [-0.3, -0.25) is 9.59 Å². The van der Waals surface area contributed by atoms with Gasteiger partial charge in [0, 0.05) is 37.4 Å². The summed E-state index contributed by atoms with van der Waals surface area (Å²) in [6, 6.07) is 18.6. The number of fused-ring (bicyclic) bond motifs is 1. The molecule has 178 valence electrons. The van der Waals surface area contributed by atoms with Crippen molar-refractivity contribution in [2.45, 2.75) is 24.3 Å². The van der Waals surface area contributed by atoms with E-state index in [1.54, 1.807) is 42.5 Å². The Balaban J connectivity index is 1.74. The molecule has 0 bridgehead atoms. The van der Waals surface area contributed by atoms with Crippen molar-refractivity contribution in [3.8, 4) is 0 Å². The smallest absolute Gasteiger partial charge is 0.304 e. The molecule has 0 radical (unpaired) electrons. The first-order valence-corrected chi connectivity index (χ1v) is 13.2. The van der Waals surface area contributed by atoms with Crippen molar-refractivity contribution in [3.05, 3.63) is 77.0 Å². The highest BCUT2D eigenvalue weighted by molar-refractivity contribution is 8.16. The fraction of sp³-hybridized carbons (Fsp3) is 0.296. The van der Waals surface area contributed by atoms with Gasteiger partial charge in [0.15, 0.2) is 0 Å². The second-order valence-electron chi connectivity index (χ2n) is 8.19. The van der Waals surface area contributed by atoms with Gasteiger partial charge in [0.05, 0.1) is 22.2 Å². The average Bonchev–Trinajstić information content (AvgIpc) is 2.81. The third-order valence-electron chi connectivity index (χ3n) is 5.17. The molecular weight excluding hydrogens is 464 g/mol. The van der Waals surface area contributed by atoms with Crippen LogP contribution in [-0.2, 0) is 9.59 Å². The van der Waals surface area contributed by atoms with Gasteiger partial charge in [-0.2, -0.15) is 0 Å². The minimum Gasteiger partial charge on any atom is -0.481 e. The van der Waals surface area contributed by atoms with Crippen molar-refractivity contribution >= 4 is 58.5 Å². The van der Waals surface area contributed by atoms with Crippen molar-refractivity contribution in [2.24, 2.45) is 0 Å². The highest BCUT2D eigenvalue weighted by Gasteiger charge is 2.15. The number of nitrogens with zero attached hydrogens (tertiary/aromatic N) is 2. The van der Waals surface area contributed by atoms with Crippen molar-refractivity contribution in [1.29, 1.82) is 0 Å². The SMILES string of the molecule is Cc1ccc2ccc(C=Cc3cccc(C(SCCC(=O)O)SCCC(=O)N(C)C)c3)nc2c1. The number of carbonyl (C=O) groups is 2. The maximum atomic E-state index is 12.0. The Morgan fingerprint density at radius 3 is 2.47 bits per heavy atom. The highest BCUT2D eigenvalue weighted by atomic mass is 32.2. The number of thioether (sulfide) groups is 2. The summed E-state index contributed by atoms with van der Waals surface area (Å²) < 4.78 is 0.0597. The van der Waals surface area contributed by atoms with Gasteiger partial charge in [-0.15, -0.1) is 23.5 Å². The zero-order valence-corrected chi connectivity index (χ0v) is 21.4. The topological polar surface area (TPSA) is 70.5 Å². The van der Waals surface area contributed by atoms with E-state index in [2.05, 4.69) is 43.3 Å². The Kier molecular flexibility index (Phi) is 9.60. The van der Waals surface area contributed by atoms with Gasteiger partial charge < -0.3 is 10.0 Å². The number of carbonyl (C=O) groups excluding carboxylic acids is 1. The van der Waals surface area contributed by atoms with Gasteiger partial charge in [-0.05, 0) is 47.9 Å². The van der Waals surface area contributed by atoms with Crippen molar-refractivity contribution < 1.29 is 14.7 Å². The van der Waals surface area contributed by atoms with Gasteiger partial charge in [-0.1, -0.05) is 42.5 Å². The Bertz CT molecular complexity index is 1180. The second-order valence-corrected chi connectivity index (χ2v) is 10.9. The largest absolute Gasteiger partial charge is 0.481 e. The summed E-state index contributed by atoms with van der Waals surface area (Å²) in [4.78, 5) is 29.3. The molecule has 0 spiro atoms. The summed E-state index contributed by atoms with van der Waals surface area (Å²) in [6.07, 6.45) is 4.63. The van der Waals surface area contributed by atoms with Crippen LogP contribution in [0.1, 0.15) is 39.8 Å². The summed E-state index contributed by atoms with van der Waals surface area (Å²) in [5.41, 5.74) is 5.23. The molecule has 0 aliphatic rings. The number of aromatic nitrogens is 1. The van der Waals surface area contributed by atoms with E-state index in [0.29, 0.717) is 17.9 Å². The maximum absolute atomic E-state index is 12.0. The Labute approximate surface area is 209 Å². The first-order chi connectivity index (χ1) is 16.3. The first-order valence-electron chi connectivity index (χ1n) is 11.1. The maximum Gasteiger partial charge on any atom is 0.304 e. The molecule has 1 atom stereocenters. The zero-order valence-electron chi connectivity index (χ0n) is 19.7. The van der Waals surface area contributed by atoms with Crippen LogP contribution in [0.5, 0.6) is 0 Å². The van der Waals surface area contributed by atoms with Gasteiger partial charge >= 0.3 is 5.97 Å². The monoisotopic (exact) mass is 494 g/mol. The molecule has 2 aromatic carbocycles. The number of aryl methyl sites for hydroxylation is 1. The fourth-order valence-corrected chi connectivity index (χ4v) is 5.95. The Morgan fingerprint density at radius 2 is 1.74 bits per heavy atom. The molecule has 1 aromatic heterocycles. The number of hydrogen-bond donors (Lipinski definition) is 1. The Morgan fingerprint density at radius 1 is 1.00 bits per heavy atom. The van der Waals surface area contributed by atoms with E-state index in [0.717, 1.165) is 27.7 Å². The van der Waals surface area contributed by atoms with Crippen LogP contribution in [0, 0.1) is 6.92 Å². The predicted molar refractivity (Wildman–Crippen MR) is 145 cm³/mol. The van der Waals surface area contributed by atoms with Gasteiger partial charge in [-0.25, -0.2) is 4.98 Å². The Hall–Kier alpha value is -2.77. The number of carboxylic acid groups (broad SMARTS) is 1. The van der Waals surface area contributed by atoms with E-state index in [4.69, 9.17) is 10.1 Å². The van der Waals surface area contributed by atoms with Crippen LogP contribution in [0.3, 0.4) is 0 Å². The number of carboxylic acids is 1. The van der Waals surface area contributed by atoms with Crippen LogP contribution < -0.4 is 0 Å². The molecule has 0 fully saturated rings. The highest BCUT2D eigenvalue weighted by Crippen LogP contribution is 2.40. The number of rotatable bonds is 11. The molecule has 0 saturated carbocycles. The van der Waals surface area contributed by atoms with E-state index in [9.17, 15) is 9.59 Å². The molecule has 0 saturated heterocycles. The number of benzene rings is 2. The molecule has 7 heteroatoms. The minimum atomic E-state index is -0.797. The number of aliphatic carboxylic acids is 1. The molecule has 3 rings (SSSR count). The minimum absolute atomic E-state index is 0.0597. The van der Waals surface area contributed by atoms with Crippen molar-refractivity contribution in [1.82, 2.24) is 9.88 Å². The van der Waals surface area contributed by atoms with Gasteiger partial charge in [0.1, 0.15) is 0 Å². The van der Waals surface area contributed by atoms with Gasteiger partial charge in [0.25, 0.3) is 0 Å². The molecule has 1 unspecified atom stereocenters. The molecule has 1 N–H and O–H groups in total. The van der Waals surface area contributed by atoms with Crippen LogP contribution in [0.2, 0.25) is 0 Å². The number of hydrogen-bond acceptors (Lipinski definition) is 5. The third kappa shape index (κ3) is 7.92. The van der Waals surface area contributed by atoms with E-state index in [1.807, 2.05) is 30.4 Å². The lowest BCUT2D eigenvalue weighted by Gasteiger charge is -2.18. The number of amides is 1. The third-order valence-corrected chi connectivity index (χ3v) is 8.01. The summed E-state index contributed by atoms with van der Waals surface area (Å²) >= 11 is 3.29.